The van der Waals surface area contributed by atoms with E-state index in [-0.39, 0.29) is 11.4 Å². The number of carbonyl (C=O) groups excluding carboxylic acids is 1. The van der Waals surface area contributed by atoms with E-state index in [4.69, 9.17) is 14.6 Å². The minimum atomic E-state index is -5.08. The number of nitrogens with zero attached hydrogens (tertiary/aromatic N) is 3. The number of ketones is 1. The number of carboxylic acid groups (broad SMARTS) is 1. The number of rotatable bonds is 1. The summed E-state index contributed by atoms with van der Waals surface area (Å²) in [6.07, 6.45) is 0.881. The summed E-state index contributed by atoms with van der Waals surface area (Å²) in [5.41, 5.74) is 1.27. The second-order valence-electron chi connectivity index (χ2n) is 7.86. The Labute approximate surface area is 171 Å². The van der Waals surface area contributed by atoms with Crippen LogP contribution in [0.15, 0.2) is 30.1 Å². The van der Waals surface area contributed by atoms with Crippen LogP contribution in [0.2, 0.25) is 0 Å². The predicted molar refractivity (Wildman–Crippen MR) is 101 cm³/mol. The number of aromatic nitrogens is 1. The normalized spacial score (nSPS) is 23.2. The Bertz CT molecular complexity index is 905. The molecule has 3 rings (SSSR count). The van der Waals surface area contributed by atoms with Crippen molar-refractivity contribution >= 4 is 17.4 Å². The molecule has 162 valence electrons. The first-order valence-electron chi connectivity index (χ1n) is 9.09. The first-order valence-corrected chi connectivity index (χ1v) is 9.09. The zero-order valence-corrected chi connectivity index (χ0v) is 16.8. The number of halogens is 3. The molecule has 1 fully saturated rings. The molecular formula is C20H22F3N3O4. The SMILES string of the molecule is Cc1ccncc1N1CCOC2(C=C(C#N)C(=O)C(C)(C)C2)C1.O=C(O)C(F)(F)F. The summed E-state index contributed by atoms with van der Waals surface area (Å²) in [4.78, 5) is 27.7. The fourth-order valence-corrected chi connectivity index (χ4v) is 3.65. The van der Waals surface area contributed by atoms with Gasteiger partial charge >= 0.3 is 12.1 Å². The van der Waals surface area contributed by atoms with Crippen LogP contribution < -0.4 is 4.90 Å². The number of carbonyl (C=O) groups is 2. The summed E-state index contributed by atoms with van der Waals surface area (Å²) in [6, 6.07) is 4.04. The number of hydrogen-bond donors (Lipinski definition) is 1. The molecule has 0 saturated carbocycles. The minimum absolute atomic E-state index is 0.0936. The largest absolute Gasteiger partial charge is 0.490 e. The number of aliphatic carboxylic acids is 1. The van der Waals surface area contributed by atoms with Crippen LogP contribution in [0, 0.1) is 23.7 Å². The van der Waals surface area contributed by atoms with Gasteiger partial charge in [-0.3, -0.25) is 9.78 Å². The van der Waals surface area contributed by atoms with Crippen LogP contribution in [-0.2, 0) is 14.3 Å². The van der Waals surface area contributed by atoms with E-state index in [1.807, 2.05) is 32.2 Å². The van der Waals surface area contributed by atoms with E-state index in [2.05, 4.69) is 16.8 Å². The number of Topliss-reactive ketones (excluding diaryl/α,β-unsaturated/α-hetero) is 1. The molecule has 1 unspecified atom stereocenters. The second kappa shape index (κ2) is 8.44. The lowest BCUT2D eigenvalue weighted by atomic mass is 9.69. The summed E-state index contributed by atoms with van der Waals surface area (Å²) in [6.45, 7) is 7.80. The molecule has 1 aliphatic heterocycles. The van der Waals surface area contributed by atoms with Crippen molar-refractivity contribution in [1.29, 1.82) is 5.26 Å². The number of aryl methyl sites for hydroxylation is 1. The summed E-state index contributed by atoms with van der Waals surface area (Å²) < 4.78 is 37.8. The Kier molecular flexibility index (Phi) is 6.57. The maximum Gasteiger partial charge on any atom is 0.490 e. The van der Waals surface area contributed by atoms with Gasteiger partial charge < -0.3 is 14.7 Å². The lowest BCUT2D eigenvalue weighted by Crippen LogP contribution is -2.56. The zero-order chi connectivity index (χ0) is 22.7. The number of anilines is 1. The average molecular weight is 425 g/mol. The van der Waals surface area contributed by atoms with Gasteiger partial charge in [0.05, 0.1) is 30.6 Å². The molecular weight excluding hydrogens is 403 g/mol. The van der Waals surface area contributed by atoms with Crippen LogP contribution in [-0.4, -0.2) is 53.3 Å². The van der Waals surface area contributed by atoms with E-state index >= 15 is 0 Å². The second-order valence-corrected chi connectivity index (χ2v) is 7.86. The van der Waals surface area contributed by atoms with Crippen molar-refractivity contribution in [3.63, 3.8) is 0 Å². The van der Waals surface area contributed by atoms with Crippen LogP contribution >= 0.6 is 0 Å². The summed E-state index contributed by atoms with van der Waals surface area (Å²) in [7, 11) is 0. The molecule has 0 amide bonds. The third kappa shape index (κ3) is 5.16. The van der Waals surface area contributed by atoms with E-state index in [0.29, 0.717) is 19.6 Å². The van der Waals surface area contributed by atoms with Gasteiger partial charge in [-0.05, 0) is 31.1 Å². The maximum absolute atomic E-state index is 12.3. The van der Waals surface area contributed by atoms with Gasteiger partial charge in [0.1, 0.15) is 11.7 Å². The molecule has 1 atom stereocenters. The third-order valence-corrected chi connectivity index (χ3v) is 4.93. The van der Waals surface area contributed by atoms with Crippen LogP contribution in [0.5, 0.6) is 0 Å². The molecule has 2 aliphatic rings. The van der Waals surface area contributed by atoms with Gasteiger partial charge in [0.25, 0.3) is 0 Å². The van der Waals surface area contributed by atoms with Gasteiger partial charge in [-0.25, -0.2) is 4.79 Å². The van der Waals surface area contributed by atoms with Crippen LogP contribution in [0.1, 0.15) is 25.8 Å². The van der Waals surface area contributed by atoms with E-state index in [1.165, 1.54) is 0 Å². The molecule has 0 aromatic carbocycles. The molecule has 1 saturated heterocycles. The quantitative estimate of drug-likeness (QED) is 0.738. The monoisotopic (exact) mass is 425 g/mol. The van der Waals surface area contributed by atoms with Gasteiger partial charge in [-0.15, -0.1) is 0 Å². The summed E-state index contributed by atoms with van der Waals surface area (Å²) in [5.74, 6) is -2.85. The van der Waals surface area contributed by atoms with Crippen LogP contribution in [0.3, 0.4) is 0 Å². The molecule has 1 aliphatic carbocycles. The lowest BCUT2D eigenvalue weighted by molar-refractivity contribution is -0.192. The van der Waals surface area contributed by atoms with Crippen molar-refractivity contribution in [2.24, 2.45) is 5.41 Å². The zero-order valence-electron chi connectivity index (χ0n) is 16.8. The number of morpholine rings is 1. The third-order valence-electron chi connectivity index (χ3n) is 4.93. The van der Waals surface area contributed by atoms with E-state index in [9.17, 15) is 23.2 Å². The standard InChI is InChI=1S/C18H21N3O2.C2HF3O2/c1-13-4-5-20-10-15(13)21-6-7-23-18(12-21)8-14(9-19)16(22)17(2,3)11-18;3-2(4,5)1(6)7/h4-5,8,10H,6-7,11-12H2,1-3H3;(H,6,7). The lowest BCUT2D eigenvalue weighted by Gasteiger charge is -2.47. The van der Waals surface area contributed by atoms with Gasteiger partial charge in [0.2, 0.25) is 0 Å². The number of nitriles is 1. The highest BCUT2D eigenvalue weighted by Gasteiger charge is 2.48. The molecule has 30 heavy (non-hydrogen) atoms. The molecule has 1 aromatic rings. The highest BCUT2D eigenvalue weighted by Crippen LogP contribution is 2.42. The Balaban J connectivity index is 0.000000396. The number of carboxylic acids is 1. The van der Waals surface area contributed by atoms with E-state index < -0.39 is 23.2 Å². The first kappa shape index (κ1) is 23.3. The summed E-state index contributed by atoms with van der Waals surface area (Å²) >= 11 is 0. The Morgan fingerprint density at radius 3 is 2.57 bits per heavy atom. The van der Waals surface area contributed by atoms with Gasteiger partial charge in [0.15, 0.2) is 5.78 Å². The molecule has 0 radical (unpaired) electrons. The van der Waals surface area contributed by atoms with E-state index in [0.717, 1.165) is 17.8 Å². The number of hydrogen-bond acceptors (Lipinski definition) is 6. The number of allylic oxidation sites excluding steroid dienone is 1. The Morgan fingerprint density at radius 2 is 2.03 bits per heavy atom. The first-order chi connectivity index (χ1) is 13.8. The predicted octanol–water partition coefficient (Wildman–Crippen LogP) is 3.05. The van der Waals surface area contributed by atoms with Crippen LogP contribution in [0.25, 0.3) is 0 Å². The Morgan fingerprint density at radius 1 is 1.40 bits per heavy atom. The smallest absolute Gasteiger partial charge is 0.475 e. The molecule has 1 aromatic heterocycles. The number of pyridine rings is 1. The van der Waals surface area contributed by atoms with Gasteiger partial charge in [-0.2, -0.15) is 18.4 Å². The molecule has 1 N–H and O–H groups in total. The highest BCUT2D eigenvalue weighted by molar-refractivity contribution is 6.04. The molecule has 10 heteroatoms. The number of ether oxygens (including phenoxy) is 1. The molecule has 1 spiro atoms. The fourth-order valence-electron chi connectivity index (χ4n) is 3.65. The Hall–Kier alpha value is -2.93. The van der Waals surface area contributed by atoms with E-state index in [1.54, 1.807) is 12.3 Å². The number of alkyl halides is 3. The summed E-state index contributed by atoms with van der Waals surface area (Å²) in [5, 5.41) is 16.4. The van der Waals surface area contributed by atoms with Crippen molar-refractivity contribution < 1.29 is 32.6 Å². The van der Waals surface area contributed by atoms with Gasteiger partial charge in [0, 0.05) is 18.2 Å². The van der Waals surface area contributed by atoms with Gasteiger partial charge in [-0.1, -0.05) is 13.8 Å². The highest BCUT2D eigenvalue weighted by atomic mass is 19.4. The average Bonchev–Trinajstić information content (AvgIpc) is 2.64. The topological polar surface area (TPSA) is 104 Å². The van der Waals surface area contributed by atoms with Crippen molar-refractivity contribution in [2.45, 2.75) is 39.0 Å². The molecule has 7 nitrogen and oxygen atoms in total. The van der Waals surface area contributed by atoms with Crippen molar-refractivity contribution in [1.82, 2.24) is 4.98 Å². The molecule has 0 bridgehead atoms. The molecule has 2 heterocycles. The van der Waals surface area contributed by atoms with Crippen molar-refractivity contribution in [3.05, 3.63) is 35.7 Å². The fraction of sp³-hybridized carbons (Fsp3) is 0.500. The minimum Gasteiger partial charge on any atom is -0.475 e. The van der Waals surface area contributed by atoms with Crippen molar-refractivity contribution in [2.75, 3.05) is 24.6 Å². The van der Waals surface area contributed by atoms with Crippen LogP contribution in [0.4, 0.5) is 18.9 Å². The van der Waals surface area contributed by atoms with Crippen molar-refractivity contribution in [3.8, 4) is 6.07 Å². The maximum atomic E-state index is 12.3.